The van der Waals surface area contributed by atoms with Gasteiger partial charge in [0.15, 0.2) is 0 Å². The Morgan fingerprint density at radius 2 is 1.41 bits per heavy atom. The Labute approximate surface area is 227 Å². The zero-order chi connectivity index (χ0) is 26.5. The Hall–Kier alpha value is -5.07. The van der Waals surface area contributed by atoms with Gasteiger partial charge in [-0.1, -0.05) is 41.9 Å². The van der Waals surface area contributed by atoms with E-state index in [9.17, 15) is 9.59 Å². The number of hydrogen-bond acceptors (Lipinski definition) is 4. The molecule has 0 atom stereocenters. The maximum atomic E-state index is 13.8. The van der Waals surface area contributed by atoms with Crippen molar-refractivity contribution in [2.24, 2.45) is 0 Å². The van der Waals surface area contributed by atoms with E-state index in [2.05, 4.69) is 15.3 Å². The highest BCUT2D eigenvalue weighted by Gasteiger charge is 2.23. The fourth-order valence-electron chi connectivity index (χ4n) is 5.12. The molecular formula is C32H19ClN4O2. The minimum absolute atomic E-state index is 0.221. The Morgan fingerprint density at radius 1 is 0.718 bits per heavy atom. The SMILES string of the molecule is O=C(Nc1cccc2cccnc12)c1cc(C(=O)c2ccc(Cl)cc2)n2c1ccc1c3ncccc3ccc12. The molecular weight excluding hydrogens is 508 g/mol. The second-order valence-electron chi connectivity index (χ2n) is 9.24. The predicted octanol–water partition coefficient (Wildman–Crippen LogP) is 7.33. The van der Waals surface area contributed by atoms with Crippen molar-refractivity contribution < 1.29 is 9.59 Å². The van der Waals surface area contributed by atoms with Crippen LogP contribution in [-0.4, -0.2) is 26.1 Å². The fraction of sp³-hybridized carbons (Fsp3) is 0. The smallest absolute Gasteiger partial charge is 0.257 e. The highest BCUT2D eigenvalue weighted by atomic mass is 35.5. The predicted molar refractivity (Wildman–Crippen MR) is 155 cm³/mol. The molecule has 7 aromatic rings. The molecule has 0 aliphatic rings. The summed E-state index contributed by atoms with van der Waals surface area (Å²) in [6.45, 7) is 0. The van der Waals surface area contributed by atoms with Crippen LogP contribution in [-0.2, 0) is 0 Å². The molecule has 6 nitrogen and oxygen atoms in total. The van der Waals surface area contributed by atoms with Crippen LogP contribution in [0.4, 0.5) is 5.69 Å². The van der Waals surface area contributed by atoms with Crippen molar-refractivity contribution in [2.75, 3.05) is 5.32 Å². The molecule has 7 rings (SSSR count). The summed E-state index contributed by atoms with van der Waals surface area (Å²) >= 11 is 6.07. The second kappa shape index (κ2) is 9.04. The molecule has 0 saturated heterocycles. The number of carbonyl (C=O) groups is 2. The van der Waals surface area contributed by atoms with Crippen molar-refractivity contribution in [1.82, 2.24) is 14.4 Å². The van der Waals surface area contributed by atoms with Gasteiger partial charge in [-0.3, -0.25) is 19.6 Å². The fourth-order valence-corrected chi connectivity index (χ4v) is 5.25. The third-order valence-corrected chi connectivity index (χ3v) is 7.19. The molecule has 0 unspecified atom stereocenters. The van der Waals surface area contributed by atoms with E-state index in [-0.39, 0.29) is 11.7 Å². The lowest BCUT2D eigenvalue weighted by atomic mass is 10.1. The number of benzene rings is 3. The van der Waals surface area contributed by atoms with E-state index in [1.807, 2.05) is 71.1 Å². The third-order valence-electron chi connectivity index (χ3n) is 6.94. The molecule has 0 aliphatic carbocycles. The maximum absolute atomic E-state index is 13.8. The lowest BCUT2D eigenvalue weighted by Crippen LogP contribution is -2.12. The molecule has 0 aliphatic heterocycles. The monoisotopic (exact) mass is 526 g/mol. The van der Waals surface area contributed by atoms with Crippen molar-refractivity contribution >= 4 is 67.2 Å². The first kappa shape index (κ1) is 23.1. The Balaban J connectivity index is 1.45. The topological polar surface area (TPSA) is 76.4 Å². The van der Waals surface area contributed by atoms with Crippen LogP contribution < -0.4 is 5.32 Å². The summed E-state index contributed by atoms with van der Waals surface area (Å²) in [4.78, 5) is 36.6. The van der Waals surface area contributed by atoms with Crippen molar-refractivity contribution in [3.63, 3.8) is 0 Å². The van der Waals surface area contributed by atoms with Gasteiger partial charge in [-0.05, 0) is 66.7 Å². The lowest BCUT2D eigenvalue weighted by molar-refractivity contribution is 0.102. The summed E-state index contributed by atoms with van der Waals surface area (Å²) in [5.74, 6) is -0.555. The van der Waals surface area contributed by atoms with E-state index < -0.39 is 0 Å². The molecule has 0 fully saturated rings. The van der Waals surface area contributed by atoms with Gasteiger partial charge in [0.25, 0.3) is 5.91 Å². The number of hydrogen-bond donors (Lipinski definition) is 1. The summed E-state index contributed by atoms with van der Waals surface area (Å²) in [5, 5.41) is 6.34. The average Bonchev–Trinajstić information content (AvgIpc) is 3.37. The zero-order valence-electron chi connectivity index (χ0n) is 20.4. The number of ketones is 1. The zero-order valence-corrected chi connectivity index (χ0v) is 21.2. The number of fused-ring (bicyclic) bond motifs is 6. The van der Waals surface area contributed by atoms with Gasteiger partial charge < -0.3 is 9.72 Å². The maximum Gasteiger partial charge on any atom is 0.257 e. The second-order valence-corrected chi connectivity index (χ2v) is 9.68. The minimum Gasteiger partial charge on any atom is -0.320 e. The number of pyridine rings is 3. The van der Waals surface area contributed by atoms with E-state index in [0.717, 1.165) is 27.2 Å². The highest BCUT2D eigenvalue weighted by Crippen LogP contribution is 2.31. The first-order valence-corrected chi connectivity index (χ1v) is 12.7. The van der Waals surface area contributed by atoms with Crippen LogP contribution in [0.15, 0.2) is 109 Å². The first-order chi connectivity index (χ1) is 19.1. The van der Waals surface area contributed by atoms with Crippen molar-refractivity contribution in [3.05, 3.63) is 131 Å². The minimum atomic E-state index is -0.334. The van der Waals surface area contributed by atoms with Crippen LogP contribution in [0.25, 0.3) is 38.2 Å². The van der Waals surface area contributed by atoms with Crippen LogP contribution in [0.2, 0.25) is 5.02 Å². The van der Waals surface area contributed by atoms with Gasteiger partial charge >= 0.3 is 0 Å². The molecule has 186 valence electrons. The molecule has 7 heteroatoms. The number of carbonyl (C=O) groups excluding carboxylic acids is 2. The van der Waals surface area contributed by atoms with E-state index in [0.29, 0.717) is 38.6 Å². The molecule has 39 heavy (non-hydrogen) atoms. The van der Waals surface area contributed by atoms with E-state index in [4.69, 9.17) is 11.6 Å². The quantitative estimate of drug-likeness (QED) is 0.192. The number of halogens is 1. The summed E-state index contributed by atoms with van der Waals surface area (Å²) in [7, 11) is 0. The largest absolute Gasteiger partial charge is 0.320 e. The van der Waals surface area contributed by atoms with E-state index >= 15 is 0 Å². The van der Waals surface area contributed by atoms with Gasteiger partial charge in [-0.25, -0.2) is 0 Å². The van der Waals surface area contributed by atoms with Gasteiger partial charge in [0, 0.05) is 39.1 Å². The third kappa shape index (κ3) is 3.81. The van der Waals surface area contributed by atoms with Crippen LogP contribution in [0.5, 0.6) is 0 Å². The number of aromatic nitrogens is 3. The molecule has 3 aromatic carbocycles. The number of nitrogens with zero attached hydrogens (tertiary/aromatic N) is 3. The molecule has 0 radical (unpaired) electrons. The molecule has 1 amide bonds. The highest BCUT2D eigenvalue weighted by molar-refractivity contribution is 6.30. The Morgan fingerprint density at radius 3 is 2.21 bits per heavy atom. The number of amides is 1. The van der Waals surface area contributed by atoms with E-state index in [1.165, 1.54) is 0 Å². The van der Waals surface area contributed by atoms with Crippen LogP contribution in [0, 0.1) is 0 Å². The average molecular weight is 527 g/mol. The van der Waals surface area contributed by atoms with Gasteiger partial charge in [0.1, 0.15) is 0 Å². The molecule has 0 bridgehead atoms. The standard InChI is InChI=1S/C32H19ClN4O2/c33-22-11-8-21(9-12-22)31(38)28-18-24(32(39)36-25-7-1-4-19-5-2-17-35-30(19)25)27-15-13-23-26(37(27)28)14-10-20-6-3-16-34-29(20)23/h1-18H,(H,36,39). The number of para-hydroxylation sites is 1. The van der Waals surface area contributed by atoms with Crippen molar-refractivity contribution in [1.29, 1.82) is 0 Å². The first-order valence-electron chi connectivity index (χ1n) is 12.4. The summed E-state index contributed by atoms with van der Waals surface area (Å²) in [5.41, 5.74) is 4.72. The Bertz CT molecular complexity index is 2090. The summed E-state index contributed by atoms with van der Waals surface area (Å²) in [6, 6.07) is 29.5. The van der Waals surface area contributed by atoms with Gasteiger partial charge in [-0.15, -0.1) is 0 Å². The van der Waals surface area contributed by atoms with Crippen LogP contribution >= 0.6 is 11.6 Å². The number of nitrogens with one attached hydrogen (secondary N) is 1. The van der Waals surface area contributed by atoms with Gasteiger partial charge in [0.2, 0.25) is 5.78 Å². The van der Waals surface area contributed by atoms with Crippen molar-refractivity contribution in [3.8, 4) is 0 Å². The van der Waals surface area contributed by atoms with E-state index in [1.54, 1.807) is 42.7 Å². The Kier molecular flexibility index (Phi) is 5.35. The summed E-state index contributed by atoms with van der Waals surface area (Å²) in [6.07, 6.45) is 3.44. The summed E-state index contributed by atoms with van der Waals surface area (Å²) < 4.78 is 1.84. The van der Waals surface area contributed by atoms with Gasteiger partial charge in [0.05, 0.1) is 39.0 Å². The molecule has 1 N–H and O–H groups in total. The lowest BCUT2D eigenvalue weighted by Gasteiger charge is -2.10. The molecule has 4 aromatic heterocycles. The molecule has 4 heterocycles. The van der Waals surface area contributed by atoms with Gasteiger partial charge in [-0.2, -0.15) is 0 Å². The molecule has 0 spiro atoms. The normalized spacial score (nSPS) is 11.4. The van der Waals surface area contributed by atoms with Crippen LogP contribution in [0.1, 0.15) is 26.4 Å². The number of rotatable bonds is 4. The van der Waals surface area contributed by atoms with Crippen molar-refractivity contribution in [2.45, 2.75) is 0 Å². The molecule has 0 saturated carbocycles. The van der Waals surface area contributed by atoms with Crippen LogP contribution in [0.3, 0.4) is 0 Å². The number of anilines is 1.